The molecule has 1 aromatic heterocycles. The second-order valence-corrected chi connectivity index (χ2v) is 7.46. The number of aromatic nitrogens is 2. The smallest absolute Gasteiger partial charge is 0.227 e. The summed E-state index contributed by atoms with van der Waals surface area (Å²) in [7, 11) is 0. The van der Waals surface area contributed by atoms with Crippen LogP contribution in [0.15, 0.2) is 36.7 Å². The van der Waals surface area contributed by atoms with Crippen LogP contribution in [-0.4, -0.2) is 40.4 Å². The van der Waals surface area contributed by atoms with Crippen LogP contribution in [0.3, 0.4) is 0 Å². The number of nitrogens with one attached hydrogen (secondary N) is 1. The van der Waals surface area contributed by atoms with Crippen LogP contribution >= 0.6 is 11.6 Å². The predicted octanol–water partition coefficient (Wildman–Crippen LogP) is 2.90. The van der Waals surface area contributed by atoms with Gasteiger partial charge in [0.1, 0.15) is 0 Å². The Kier molecular flexibility index (Phi) is 4.44. The number of nitrogens with zero attached hydrogens (tertiary/aromatic N) is 3. The highest BCUT2D eigenvalue weighted by Crippen LogP contribution is 2.37. The van der Waals surface area contributed by atoms with Gasteiger partial charge in [0.15, 0.2) is 5.82 Å². The highest BCUT2D eigenvalue weighted by atomic mass is 35.5. The molecule has 0 bridgehead atoms. The molecular weight excluding hydrogens is 336 g/mol. The molecule has 1 spiro atoms. The van der Waals surface area contributed by atoms with Crippen molar-refractivity contribution in [3.05, 3.63) is 47.2 Å². The van der Waals surface area contributed by atoms with E-state index in [-0.39, 0.29) is 11.3 Å². The fourth-order valence-electron chi connectivity index (χ4n) is 3.86. The zero-order valence-corrected chi connectivity index (χ0v) is 14.8. The number of likely N-dealkylation sites (tertiary alicyclic amines) is 1. The quantitative estimate of drug-likeness (QED) is 0.918. The Morgan fingerprint density at radius 2 is 1.92 bits per heavy atom. The van der Waals surface area contributed by atoms with E-state index >= 15 is 0 Å². The first-order chi connectivity index (χ1) is 12.1. The molecule has 130 valence electrons. The monoisotopic (exact) mass is 356 g/mol. The molecule has 3 heterocycles. The molecule has 1 N–H and O–H groups in total. The van der Waals surface area contributed by atoms with Gasteiger partial charge in [-0.25, -0.2) is 9.97 Å². The van der Waals surface area contributed by atoms with Crippen LogP contribution in [0.25, 0.3) is 11.4 Å². The summed E-state index contributed by atoms with van der Waals surface area (Å²) < 4.78 is 0. The standard InChI is InChI=1S/C19H21ClN4O/c20-16-4-2-15(3-5-16)17-22-10-14(11-23-17)12-24-9-7-19(13-24)6-1-8-21-18(19)25/h2-5,10-11H,1,6-9,12-13H2,(H,21,25)/t19-/m0/s1. The van der Waals surface area contributed by atoms with Crippen LogP contribution < -0.4 is 5.32 Å². The second-order valence-electron chi connectivity index (χ2n) is 7.02. The lowest BCUT2D eigenvalue weighted by molar-refractivity contribution is -0.132. The summed E-state index contributed by atoms with van der Waals surface area (Å²) in [6, 6.07) is 7.52. The minimum Gasteiger partial charge on any atom is -0.356 e. The van der Waals surface area contributed by atoms with Crippen molar-refractivity contribution < 1.29 is 4.79 Å². The third-order valence-electron chi connectivity index (χ3n) is 5.25. The van der Waals surface area contributed by atoms with Gasteiger partial charge in [0, 0.05) is 48.2 Å². The van der Waals surface area contributed by atoms with E-state index in [9.17, 15) is 4.79 Å². The van der Waals surface area contributed by atoms with Gasteiger partial charge in [-0.15, -0.1) is 0 Å². The largest absolute Gasteiger partial charge is 0.356 e. The van der Waals surface area contributed by atoms with Crippen LogP contribution in [0.2, 0.25) is 5.02 Å². The van der Waals surface area contributed by atoms with Gasteiger partial charge in [-0.05, 0) is 50.1 Å². The summed E-state index contributed by atoms with van der Waals surface area (Å²) in [6.07, 6.45) is 6.79. The van der Waals surface area contributed by atoms with Gasteiger partial charge in [-0.3, -0.25) is 9.69 Å². The first-order valence-electron chi connectivity index (χ1n) is 8.72. The van der Waals surface area contributed by atoms with Crippen molar-refractivity contribution in [1.29, 1.82) is 0 Å². The van der Waals surface area contributed by atoms with Gasteiger partial charge in [0.25, 0.3) is 0 Å². The first-order valence-corrected chi connectivity index (χ1v) is 9.10. The van der Waals surface area contributed by atoms with Crippen LogP contribution in [0.1, 0.15) is 24.8 Å². The summed E-state index contributed by atoms with van der Waals surface area (Å²) in [5.74, 6) is 0.931. The molecule has 2 aliphatic rings. The van der Waals surface area contributed by atoms with E-state index in [0.29, 0.717) is 10.8 Å². The molecule has 1 atom stereocenters. The fraction of sp³-hybridized carbons (Fsp3) is 0.421. The Balaban J connectivity index is 1.42. The molecule has 2 fully saturated rings. The Hall–Kier alpha value is -1.98. The van der Waals surface area contributed by atoms with Gasteiger partial charge in [-0.2, -0.15) is 0 Å². The summed E-state index contributed by atoms with van der Waals surface area (Å²) >= 11 is 5.92. The molecule has 0 saturated carbocycles. The Morgan fingerprint density at radius 1 is 1.16 bits per heavy atom. The molecule has 5 nitrogen and oxygen atoms in total. The Bertz CT molecular complexity index is 762. The van der Waals surface area contributed by atoms with Crippen molar-refractivity contribution in [3.63, 3.8) is 0 Å². The first kappa shape index (κ1) is 16.5. The van der Waals surface area contributed by atoms with E-state index in [2.05, 4.69) is 20.2 Å². The summed E-state index contributed by atoms with van der Waals surface area (Å²) in [5, 5.41) is 3.73. The van der Waals surface area contributed by atoms with Gasteiger partial charge in [0.05, 0.1) is 5.41 Å². The van der Waals surface area contributed by atoms with Crippen molar-refractivity contribution in [2.75, 3.05) is 19.6 Å². The maximum absolute atomic E-state index is 12.3. The number of amides is 1. The number of hydrogen-bond acceptors (Lipinski definition) is 4. The van der Waals surface area contributed by atoms with Gasteiger partial charge in [0.2, 0.25) is 5.91 Å². The van der Waals surface area contributed by atoms with E-state index in [1.54, 1.807) is 0 Å². The van der Waals surface area contributed by atoms with Crippen molar-refractivity contribution in [2.24, 2.45) is 5.41 Å². The lowest BCUT2D eigenvalue weighted by atomic mass is 9.79. The molecule has 0 unspecified atom stereocenters. The maximum atomic E-state index is 12.3. The number of halogens is 1. The van der Waals surface area contributed by atoms with E-state index < -0.39 is 0 Å². The fourth-order valence-corrected chi connectivity index (χ4v) is 3.98. The van der Waals surface area contributed by atoms with Crippen LogP contribution in [-0.2, 0) is 11.3 Å². The number of carbonyl (C=O) groups is 1. The molecule has 25 heavy (non-hydrogen) atoms. The van der Waals surface area contributed by atoms with E-state index in [4.69, 9.17) is 11.6 Å². The number of piperidine rings is 1. The van der Waals surface area contributed by atoms with Crippen LogP contribution in [0.4, 0.5) is 0 Å². The number of rotatable bonds is 3. The average Bonchev–Trinajstić information content (AvgIpc) is 3.03. The molecular formula is C19H21ClN4O. The minimum absolute atomic E-state index is 0.178. The normalized spacial score (nSPS) is 23.8. The minimum atomic E-state index is -0.178. The van der Waals surface area contributed by atoms with E-state index in [1.807, 2.05) is 36.7 Å². The van der Waals surface area contributed by atoms with Crippen LogP contribution in [0.5, 0.6) is 0 Å². The third kappa shape index (κ3) is 3.39. The molecule has 6 heteroatoms. The highest BCUT2D eigenvalue weighted by Gasteiger charge is 2.45. The molecule has 1 aromatic carbocycles. The number of hydrogen-bond donors (Lipinski definition) is 1. The molecule has 0 radical (unpaired) electrons. The van der Waals surface area contributed by atoms with Crippen molar-refractivity contribution in [1.82, 2.24) is 20.2 Å². The lowest BCUT2D eigenvalue weighted by Gasteiger charge is -2.32. The summed E-state index contributed by atoms with van der Waals surface area (Å²) in [4.78, 5) is 23.6. The molecule has 1 amide bonds. The summed E-state index contributed by atoms with van der Waals surface area (Å²) in [6.45, 7) is 3.39. The molecule has 2 aromatic rings. The topological polar surface area (TPSA) is 58.1 Å². The SMILES string of the molecule is O=C1NCCC[C@@]12CCN(Cc1cnc(-c3ccc(Cl)cc3)nc1)C2. The predicted molar refractivity (Wildman–Crippen MR) is 97.0 cm³/mol. The van der Waals surface area contributed by atoms with E-state index in [1.165, 1.54) is 0 Å². The van der Waals surface area contributed by atoms with Gasteiger partial charge in [-0.1, -0.05) is 11.6 Å². The van der Waals surface area contributed by atoms with Crippen molar-refractivity contribution >= 4 is 17.5 Å². The second kappa shape index (κ2) is 6.73. The molecule has 4 rings (SSSR count). The summed E-state index contributed by atoms with van der Waals surface area (Å²) in [5.41, 5.74) is 1.85. The van der Waals surface area contributed by atoms with Crippen molar-refractivity contribution in [3.8, 4) is 11.4 Å². The Labute approximate surface area is 152 Å². The zero-order valence-electron chi connectivity index (χ0n) is 14.0. The number of benzene rings is 1. The van der Waals surface area contributed by atoms with E-state index in [0.717, 1.165) is 56.6 Å². The Morgan fingerprint density at radius 3 is 2.64 bits per heavy atom. The average molecular weight is 357 g/mol. The van der Waals surface area contributed by atoms with Gasteiger partial charge < -0.3 is 5.32 Å². The van der Waals surface area contributed by atoms with Crippen molar-refractivity contribution in [2.45, 2.75) is 25.8 Å². The lowest BCUT2D eigenvalue weighted by Crippen LogP contribution is -2.47. The molecule has 0 aliphatic carbocycles. The molecule has 2 saturated heterocycles. The maximum Gasteiger partial charge on any atom is 0.227 e. The third-order valence-corrected chi connectivity index (χ3v) is 5.50. The van der Waals surface area contributed by atoms with Crippen LogP contribution in [0, 0.1) is 5.41 Å². The zero-order chi connectivity index (χ0) is 17.3. The number of carbonyl (C=O) groups excluding carboxylic acids is 1. The van der Waals surface area contributed by atoms with Gasteiger partial charge >= 0.3 is 0 Å². The molecule has 2 aliphatic heterocycles. The highest BCUT2D eigenvalue weighted by molar-refractivity contribution is 6.30.